The molecule has 3 heterocycles. The number of fused-ring (bicyclic) bond motifs is 1. The molecule has 0 bridgehead atoms. The molecule has 1 amide bonds. The molecule has 0 unspecified atom stereocenters. The Morgan fingerprint density at radius 2 is 1.66 bits per heavy atom. The number of nitrogens with zero attached hydrogens (tertiary/aromatic N) is 5. The number of ether oxygens (including phenoxy) is 2. The molecule has 0 N–H and O–H groups in total. The Balaban J connectivity index is 1.62. The summed E-state index contributed by atoms with van der Waals surface area (Å²) >= 11 is 0. The van der Waals surface area contributed by atoms with Crippen molar-refractivity contribution in [3.63, 3.8) is 0 Å². The number of hydrogen-bond donors (Lipinski definition) is 0. The van der Waals surface area contributed by atoms with Crippen molar-refractivity contribution < 1.29 is 14.3 Å². The lowest BCUT2D eigenvalue weighted by Crippen LogP contribution is -2.31. The van der Waals surface area contributed by atoms with E-state index >= 15 is 0 Å². The van der Waals surface area contributed by atoms with E-state index in [4.69, 9.17) is 9.47 Å². The number of amides is 1. The SMILES string of the molecule is Cc1cc(CN(Cc2ccc3c(c2)OCCO3)C(=O)c2cc(C)n(C)n2)nn1C. The molecule has 0 fully saturated rings. The van der Waals surface area contributed by atoms with Gasteiger partial charge in [-0.25, -0.2) is 0 Å². The fraction of sp³-hybridized carbons (Fsp3) is 0.381. The second-order valence-electron chi connectivity index (χ2n) is 7.33. The Labute approximate surface area is 169 Å². The van der Waals surface area contributed by atoms with Crippen molar-refractivity contribution in [2.24, 2.45) is 14.1 Å². The lowest BCUT2D eigenvalue weighted by molar-refractivity contribution is 0.0720. The van der Waals surface area contributed by atoms with Crippen LogP contribution >= 0.6 is 0 Å². The molecule has 0 atom stereocenters. The highest BCUT2D eigenvalue weighted by Crippen LogP contribution is 2.31. The van der Waals surface area contributed by atoms with Gasteiger partial charge in [-0.3, -0.25) is 14.2 Å². The number of carbonyl (C=O) groups is 1. The third-order valence-corrected chi connectivity index (χ3v) is 5.12. The summed E-state index contributed by atoms with van der Waals surface area (Å²) in [5, 5.41) is 8.88. The summed E-state index contributed by atoms with van der Waals surface area (Å²) in [6.45, 7) is 5.81. The molecule has 4 rings (SSSR count). The highest BCUT2D eigenvalue weighted by atomic mass is 16.6. The highest BCUT2D eigenvalue weighted by molar-refractivity contribution is 5.92. The van der Waals surface area contributed by atoms with Crippen LogP contribution in [0.4, 0.5) is 0 Å². The number of aryl methyl sites for hydroxylation is 4. The third kappa shape index (κ3) is 3.96. The van der Waals surface area contributed by atoms with Gasteiger partial charge in [-0.2, -0.15) is 10.2 Å². The topological polar surface area (TPSA) is 74.4 Å². The average Bonchev–Trinajstić information content (AvgIpc) is 3.21. The molecule has 0 aliphatic carbocycles. The Morgan fingerprint density at radius 1 is 0.966 bits per heavy atom. The zero-order valence-corrected chi connectivity index (χ0v) is 17.2. The molecule has 1 aliphatic heterocycles. The first-order valence-electron chi connectivity index (χ1n) is 9.58. The van der Waals surface area contributed by atoms with Crippen molar-refractivity contribution >= 4 is 5.91 Å². The number of carbonyl (C=O) groups excluding carboxylic acids is 1. The molecule has 1 aromatic carbocycles. The lowest BCUT2D eigenvalue weighted by Gasteiger charge is -2.23. The van der Waals surface area contributed by atoms with Gasteiger partial charge in [0.2, 0.25) is 0 Å². The van der Waals surface area contributed by atoms with Gasteiger partial charge in [-0.05, 0) is 43.7 Å². The minimum Gasteiger partial charge on any atom is -0.486 e. The van der Waals surface area contributed by atoms with Crippen LogP contribution in [0.1, 0.15) is 33.1 Å². The number of aromatic nitrogens is 4. The number of rotatable bonds is 5. The van der Waals surface area contributed by atoms with Crippen LogP contribution in [-0.2, 0) is 27.2 Å². The van der Waals surface area contributed by atoms with E-state index in [1.165, 1.54) is 0 Å². The molecule has 2 aromatic heterocycles. The summed E-state index contributed by atoms with van der Waals surface area (Å²) in [7, 11) is 3.73. The standard InChI is InChI=1S/C21H25N5O3/c1-14-9-17(22-24(14)3)13-26(21(27)18-10-15(2)25(4)23-18)12-16-5-6-19-20(11-16)29-8-7-28-19/h5-6,9-11H,7-8,12-13H2,1-4H3. The summed E-state index contributed by atoms with van der Waals surface area (Å²) in [4.78, 5) is 15.0. The molecular weight excluding hydrogens is 370 g/mol. The Kier molecular flexibility index (Phi) is 5.00. The fourth-order valence-electron chi connectivity index (χ4n) is 3.34. The Hall–Kier alpha value is -3.29. The summed E-state index contributed by atoms with van der Waals surface area (Å²) < 4.78 is 14.8. The first-order chi connectivity index (χ1) is 13.9. The normalized spacial score (nSPS) is 12.8. The fourth-order valence-corrected chi connectivity index (χ4v) is 3.34. The van der Waals surface area contributed by atoms with Gasteiger partial charge in [0.1, 0.15) is 13.2 Å². The van der Waals surface area contributed by atoms with E-state index in [2.05, 4.69) is 10.2 Å². The molecule has 29 heavy (non-hydrogen) atoms. The molecule has 8 heteroatoms. The quantitative estimate of drug-likeness (QED) is 0.663. The van der Waals surface area contributed by atoms with Crippen LogP contribution in [0.25, 0.3) is 0 Å². The molecule has 1 aliphatic rings. The van der Waals surface area contributed by atoms with Crippen LogP contribution in [0.5, 0.6) is 11.5 Å². The van der Waals surface area contributed by atoms with Crippen LogP contribution in [0, 0.1) is 13.8 Å². The van der Waals surface area contributed by atoms with Gasteiger partial charge < -0.3 is 14.4 Å². The zero-order valence-electron chi connectivity index (χ0n) is 17.2. The molecule has 0 saturated heterocycles. The van der Waals surface area contributed by atoms with Crippen LogP contribution in [0.3, 0.4) is 0 Å². The predicted molar refractivity (Wildman–Crippen MR) is 107 cm³/mol. The van der Waals surface area contributed by atoms with Crippen molar-refractivity contribution in [2.45, 2.75) is 26.9 Å². The summed E-state index contributed by atoms with van der Waals surface area (Å²) in [5.41, 5.74) is 4.20. The van der Waals surface area contributed by atoms with Crippen molar-refractivity contribution in [2.75, 3.05) is 13.2 Å². The molecule has 0 saturated carbocycles. The zero-order chi connectivity index (χ0) is 20.5. The first-order valence-corrected chi connectivity index (χ1v) is 9.58. The van der Waals surface area contributed by atoms with Gasteiger partial charge in [-0.15, -0.1) is 0 Å². The maximum absolute atomic E-state index is 13.3. The highest BCUT2D eigenvalue weighted by Gasteiger charge is 2.22. The molecule has 8 nitrogen and oxygen atoms in total. The van der Waals surface area contributed by atoms with Gasteiger partial charge in [0.15, 0.2) is 17.2 Å². The average molecular weight is 395 g/mol. The van der Waals surface area contributed by atoms with Crippen LogP contribution < -0.4 is 9.47 Å². The second-order valence-corrected chi connectivity index (χ2v) is 7.33. The van der Waals surface area contributed by atoms with Crippen molar-refractivity contribution in [1.82, 2.24) is 24.5 Å². The van der Waals surface area contributed by atoms with Gasteiger partial charge in [0.25, 0.3) is 5.91 Å². The largest absolute Gasteiger partial charge is 0.486 e. The smallest absolute Gasteiger partial charge is 0.275 e. The monoisotopic (exact) mass is 395 g/mol. The van der Waals surface area contributed by atoms with E-state index in [9.17, 15) is 4.79 Å². The van der Waals surface area contributed by atoms with E-state index in [0.29, 0.717) is 37.7 Å². The Morgan fingerprint density at radius 3 is 2.31 bits per heavy atom. The predicted octanol–water partition coefficient (Wildman–Crippen LogP) is 2.38. The molecule has 3 aromatic rings. The molecule has 0 radical (unpaired) electrons. The van der Waals surface area contributed by atoms with Crippen LogP contribution in [0.15, 0.2) is 30.3 Å². The number of benzene rings is 1. The maximum atomic E-state index is 13.3. The van der Waals surface area contributed by atoms with Crippen molar-refractivity contribution in [3.05, 3.63) is 58.7 Å². The van der Waals surface area contributed by atoms with Crippen molar-refractivity contribution in [3.8, 4) is 11.5 Å². The van der Waals surface area contributed by atoms with Gasteiger partial charge in [0.05, 0.1) is 12.2 Å². The molecular formula is C21H25N5O3. The van der Waals surface area contributed by atoms with Crippen LogP contribution in [0.2, 0.25) is 0 Å². The van der Waals surface area contributed by atoms with E-state index < -0.39 is 0 Å². The van der Waals surface area contributed by atoms with Gasteiger partial charge >= 0.3 is 0 Å². The third-order valence-electron chi connectivity index (χ3n) is 5.12. The lowest BCUT2D eigenvalue weighted by atomic mass is 10.1. The van der Waals surface area contributed by atoms with Gasteiger partial charge in [-0.1, -0.05) is 6.07 Å². The first kappa shape index (κ1) is 19.0. The van der Waals surface area contributed by atoms with E-state index in [-0.39, 0.29) is 5.91 Å². The van der Waals surface area contributed by atoms with E-state index in [0.717, 1.165) is 28.4 Å². The van der Waals surface area contributed by atoms with E-state index in [1.54, 1.807) is 9.58 Å². The second kappa shape index (κ2) is 7.62. The van der Waals surface area contributed by atoms with Gasteiger partial charge in [0, 0.05) is 32.0 Å². The van der Waals surface area contributed by atoms with Crippen molar-refractivity contribution in [1.29, 1.82) is 0 Å². The number of hydrogen-bond acceptors (Lipinski definition) is 5. The maximum Gasteiger partial charge on any atom is 0.275 e. The van der Waals surface area contributed by atoms with E-state index in [1.807, 2.05) is 63.0 Å². The summed E-state index contributed by atoms with van der Waals surface area (Å²) in [5.74, 6) is 1.31. The van der Waals surface area contributed by atoms with Crippen LogP contribution in [-0.4, -0.2) is 43.6 Å². The summed E-state index contributed by atoms with van der Waals surface area (Å²) in [6, 6.07) is 9.59. The summed E-state index contributed by atoms with van der Waals surface area (Å²) in [6.07, 6.45) is 0. The minimum absolute atomic E-state index is 0.133. The minimum atomic E-state index is -0.133. The molecule has 0 spiro atoms. The molecule has 152 valence electrons. The Bertz CT molecular complexity index is 1010.